The van der Waals surface area contributed by atoms with Crippen LogP contribution in [0.5, 0.6) is 0 Å². The average molecular weight is 367 g/mol. The molecule has 1 saturated heterocycles. The number of nitrogens with two attached hydrogens (primary N) is 2. The first-order valence-corrected chi connectivity index (χ1v) is 7.18. The lowest BCUT2D eigenvalue weighted by Crippen LogP contribution is -2.48. The molecule has 1 heterocycles. The molecule has 1 fully saturated rings. The topological polar surface area (TPSA) is 239 Å². The number of nitrogens with zero attached hydrogens (tertiary/aromatic N) is 2. The molecule has 1 rings (SSSR count). The Morgan fingerprint density at radius 2 is 1.68 bits per heavy atom. The normalized spacial score (nSPS) is 18.8. The number of aliphatic carboxylic acids is 1. The smallest absolute Gasteiger partial charge is 0.335 e. The molecule has 25 heavy (non-hydrogen) atoms. The van der Waals surface area contributed by atoms with Gasteiger partial charge in [0.15, 0.2) is 12.1 Å². The quantitative estimate of drug-likeness (QED) is 0.165. The number of guanidine groups is 2. The van der Waals surface area contributed by atoms with Crippen LogP contribution >= 0.6 is 0 Å². The molecule has 4 atom stereocenters. The number of carboxylic acid groups (broad SMARTS) is 1. The summed E-state index contributed by atoms with van der Waals surface area (Å²) in [4.78, 5) is 15.5. The van der Waals surface area contributed by atoms with Crippen LogP contribution in [0.4, 0.5) is 0 Å². The van der Waals surface area contributed by atoms with Gasteiger partial charge in [-0.15, -0.1) is 0 Å². The zero-order chi connectivity index (χ0) is 19.6. The highest BCUT2D eigenvalue weighted by Gasteiger charge is 2.33. The maximum atomic E-state index is 10.1. The fourth-order valence-corrected chi connectivity index (χ4v) is 1.64. The Labute approximate surface area is 143 Å². The standard InChI is InChI=1S/C6H13N5O.C6H12O7/c7-5(8)10-6(9)11-1-3-12-4-2-11;7-1-2(8)3(9)4(10)5(11)6(12)13/h1-4H2,(H5,7,8,9,10);2-5,7-11H,1H2,(H,12,13)/t;2-,3-,4+,5-/m.1/s1. The molecule has 0 aliphatic carbocycles. The molecule has 0 aromatic carbocycles. The molecule has 11 N–H and O–H groups in total. The summed E-state index contributed by atoms with van der Waals surface area (Å²) in [6.45, 7) is 1.76. The Hall–Kier alpha value is -2.03. The van der Waals surface area contributed by atoms with Gasteiger partial charge in [0.2, 0.25) is 5.96 Å². The second-order valence-electron chi connectivity index (χ2n) is 4.97. The highest BCUT2D eigenvalue weighted by Crippen LogP contribution is 2.04. The molecule has 13 nitrogen and oxygen atoms in total. The summed E-state index contributed by atoms with van der Waals surface area (Å²) in [5.74, 6) is -1.69. The van der Waals surface area contributed by atoms with E-state index in [9.17, 15) is 4.79 Å². The fourth-order valence-electron chi connectivity index (χ4n) is 1.64. The van der Waals surface area contributed by atoms with Crippen LogP contribution in [0.3, 0.4) is 0 Å². The minimum atomic E-state index is -2.20. The van der Waals surface area contributed by atoms with Gasteiger partial charge in [0.05, 0.1) is 19.8 Å². The Morgan fingerprint density at radius 1 is 1.16 bits per heavy atom. The predicted molar refractivity (Wildman–Crippen MR) is 84.7 cm³/mol. The van der Waals surface area contributed by atoms with Gasteiger partial charge in [-0.05, 0) is 0 Å². The van der Waals surface area contributed by atoms with E-state index < -0.39 is 37.0 Å². The second-order valence-corrected chi connectivity index (χ2v) is 4.97. The monoisotopic (exact) mass is 367 g/mol. The van der Waals surface area contributed by atoms with Gasteiger partial charge in [0, 0.05) is 13.1 Å². The van der Waals surface area contributed by atoms with Crippen LogP contribution in [0.25, 0.3) is 0 Å². The highest BCUT2D eigenvalue weighted by atomic mass is 16.5. The number of hydrogen-bond acceptors (Lipinski definition) is 8. The van der Waals surface area contributed by atoms with E-state index in [0.29, 0.717) is 26.3 Å². The van der Waals surface area contributed by atoms with Crippen molar-refractivity contribution < 1.29 is 40.2 Å². The molecular formula is C12H25N5O8. The van der Waals surface area contributed by atoms with Crippen molar-refractivity contribution in [3.05, 3.63) is 0 Å². The van der Waals surface area contributed by atoms with Gasteiger partial charge < -0.3 is 51.7 Å². The zero-order valence-electron chi connectivity index (χ0n) is 13.4. The van der Waals surface area contributed by atoms with Gasteiger partial charge >= 0.3 is 5.97 Å². The molecule has 0 radical (unpaired) electrons. The molecule has 13 heteroatoms. The van der Waals surface area contributed by atoms with Crippen LogP contribution < -0.4 is 11.5 Å². The van der Waals surface area contributed by atoms with Crippen molar-refractivity contribution in [1.82, 2.24) is 4.90 Å². The van der Waals surface area contributed by atoms with E-state index in [1.54, 1.807) is 4.90 Å². The van der Waals surface area contributed by atoms with Gasteiger partial charge in [-0.3, -0.25) is 5.41 Å². The van der Waals surface area contributed by atoms with E-state index in [4.69, 9.17) is 52.3 Å². The molecule has 0 bridgehead atoms. The van der Waals surface area contributed by atoms with E-state index in [0.717, 1.165) is 0 Å². The molecule has 0 spiro atoms. The number of carboxylic acids is 1. The third kappa shape index (κ3) is 8.57. The highest BCUT2D eigenvalue weighted by molar-refractivity contribution is 5.91. The van der Waals surface area contributed by atoms with Crippen LogP contribution in [-0.2, 0) is 9.53 Å². The third-order valence-corrected chi connectivity index (χ3v) is 3.05. The number of rotatable bonds is 5. The van der Waals surface area contributed by atoms with Crippen molar-refractivity contribution in [2.75, 3.05) is 32.9 Å². The molecule has 0 saturated carbocycles. The van der Waals surface area contributed by atoms with Crippen molar-refractivity contribution in [3.8, 4) is 0 Å². The molecule has 0 amide bonds. The van der Waals surface area contributed by atoms with Gasteiger partial charge in [-0.25, -0.2) is 4.79 Å². The zero-order valence-corrected chi connectivity index (χ0v) is 13.4. The van der Waals surface area contributed by atoms with Crippen molar-refractivity contribution in [1.29, 1.82) is 5.41 Å². The van der Waals surface area contributed by atoms with Gasteiger partial charge in [0.25, 0.3) is 0 Å². The molecule has 1 aliphatic heterocycles. The number of aliphatic imine (C=N–C) groups is 1. The number of nitrogens with one attached hydrogen (secondary N) is 1. The summed E-state index contributed by atoms with van der Waals surface area (Å²) in [5.41, 5.74) is 10.3. The van der Waals surface area contributed by atoms with E-state index in [-0.39, 0.29) is 11.9 Å². The Bertz CT molecular complexity index is 453. The summed E-state index contributed by atoms with van der Waals surface area (Å²) in [7, 11) is 0. The molecule has 146 valence electrons. The van der Waals surface area contributed by atoms with Crippen molar-refractivity contribution in [3.63, 3.8) is 0 Å². The number of aliphatic hydroxyl groups is 5. The number of aliphatic hydroxyl groups excluding tert-OH is 5. The first-order chi connectivity index (χ1) is 11.6. The molecule has 0 aromatic heterocycles. The van der Waals surface area contributed by atoms with Crippen molar-refractivity contribution >= 4 is 17.9 Å². The van der Waals surface area contributed by atoms with Crippen LogP contribution in [0.15, 0.2) is 4.99 Å². The van der Waals surface area contributed by atoms with Gasteiger partial charge in [-0.1, -0.05) is 0 Å². The first kappa shape index (κ1) is 23.0. The largest absolute Gasteiger partial charge is 0.479 e. The van der Waals surface area contributed by atoms with Crippen LogP contribution in [-0.4, -0.2) is 111 Å². The number of ether oxygens (including phenoxy) is 1. The minimum absolute atomic E-state index is 0.0773. The van der Waals surface area contributed by atoms with Crippen LogP contribution in [0, 0.1) is 5.41 Å². The summed E-state index contributed by atoms with van der Waals surface area (Å²) < 4.78 is 5.11. The van der Waals surface area contributed by atoms with Crippen LogP contribution in [0.2, 0.25) is 0 Å². The van der Waals surface area contributed by atoms with Gasteiger partial charge in [-0.2, -0.15) is 4.99 Å². The number of hydrogen-bond donors (Lipinski definition) is 9. The second kappa shape index (κ2) is 11.5. The number of carbonyl (C=O) groups is 1. The first-order valence-electron chi connectivity index (χ1n) is 7.18. The molecule has 1 aliphatic rings. The molecule has 0 unspecified atom stereocenters. The Balaban J connectivity index is 0.000000462. The van der Waals surface area contributed by atoms with E-state index in [1.165, 1.54) is 0 Å². The minimum Gasteiger partial charge on any atom is -0.479 e. The summed E-state index contributed by atoms with van der Waals surface area (Å²) in [5, 5.41) is 59.3. The SMILES string of the molecule is N=C(N=C(N)N)N1CCOCC1.O=C(O)[C@H](O)[C@@H](O)[C@H](O)[C@H](O)CO. The fraction of sp³-hybridized carbons (Fsp3) is 0.750. The Morgan fingerprint density at radius 3 is 2.08 bits per heavy atom. The van der Waals surface area contributed by atoms with Crippen LogP contribution in [0.1, 0.15) is 0 Å². The lowest BCUT2D eigenvalue weighted by Gasteiger charge is -2.26. The predicted octanol–water partition coefficient (Wildman–Crippen LogP) is -4.97. The maximum Gasteiger partial charge on any atom is 0.335 e. The van der Waals surface area contributed by atoms with Crippen molar-refractivity contribution in [2.24, 2.45) is 16.5 Å². The summed E-state index contributed by atoms with van der Waals surface area (Å²) >= 11 is 0. The summed E-state index contributed by atoms with van der Waals surface area (Å²) in [6, 6.07) is 0. The number of morpholine rings is 1. The Kier molecular flexibility index (Phi) is 10.6. The van der Waals surface area contributed by atoms with E-state index >= 15 is 0 Å². The third-order valence-electron chi connectivity index (χ3n) is 3.05. The average Bonchev–Trinajstić information content (AvgIpc) is 2.59. The lowest BCUT2D eigenvalue weighted by molar-refractivity contribution is -0.164. The van der Waals surface area contributed by atoms with E-state index in [1.807, 2.05) is 0 Å². The molecule has 0 aromatic rings. The maximum absolute atomic E-state index is 10.1. The molecular weight excluding hydrogens is 342 g/mol. The van der Waals surface area contributed by atoms with E-state index in [2.05, 4.69) is 4.99 Å². The van der Waals surface area contributed by atoms with Crippen molar-refractivity contribution in [2.45, 2.75) is 24.4 Å². The lowest BCUT2D eigenvalue weighted by atomic mass is 10.0. The van der Waals surface area contributed by atoms with Gasteiger partial charge in [0.1, 0.15) is 18.3 Å². The summed E-state index contributed by atoms with van der Waals surface area (Å²) in [6.07, 6.45) is -7.84.